The van der Waals surface area contributed by atoms with Gasteiger partial charge in [-0.05, 0) is 25.0 Å². The van der Waals surface area contributed by atoms with Gasteiger partial charge in [0, 0.05) is 26.7 Å². The molecular formula is C15H18N4O3. The number of likely N-dealkylation sites (tertiary alicyclic amines) is 1. The van der Waals surface area contributed by atoms with Crippen molar-refractivity contribution in [3.8, 4) is 11.5 Å². The van der Waals surface area contributed by atoms with E-state index in [2.05, 4.69) is 10.2 Å². The number of hydrogen-bond donors (Lipinski definition) is 1. The summed E-state index contributed by atoms with van der Waals surface area (Å²) >= 11 is 0. The lowest BCUT2D eigenvalue weighted by atomic mass is 10.2. The van der Waals surface area contributed by atoms with Crippen LogP contribution in [0.2, 0.25) is 0 Å². The minimum Gasteiger partial charge on any atom is -0.463 e. The Morgan fingerprint density at radius 1 is 1.45 bits per heavy atom. The average Bonchev–Trinajstić information content (AvgIpc) is 3.24. The Kier molecular flexibility index (Phi) is 3.70. The zero-order chi connectivity index (χ0) is 15.7. The lowest BCUT2D eigenvalue weighted by Crippen LogP contribution is -2.45. The minimum atomic E-state index is -0.397. The van der Waals surface area contributed by atoms with Gasteiger partial charge in [-0.25, -0.2) is 0 Å². The molecule has 0 radical (unpaired) electrons. The molecule has 3 rings (SSSR count). The van der Waals surface area contributed by atoms with Crippen LogP contribution in [0, 0.1) is 0 Å². The van der Waals surface area contributed by atoms with Gasteiger partial charge in [0.2, 0.25) is 5.91 Å². The van der Waals surface area contributed by atoms with Crippen LogP contribution in [-0.4, -0.2) is 58.5 Å². The predicted molar refractivity (Wildman–Crippen MR) is 79.0 cm³/mol. The molecule has 0 bridgehead atoms. The zero-order valence-corrected chi connectivity index (χ0v) is 12.6. The Balaban J connectivity index is 1.80. The van der Waals surface area contributed by atoms with Crippen molar-refractivity contribution in [1.82, 2.24) is 20.0 Å². The molecule has 7 heteroatoms. The molecule has 7 nitrogen and oxygen atoms in total. The summed E-state index contributed by atoms with van der Waals surface area (Å²) in [5.41, 5.74) is 0.938. The van der Waals surface area contributed by atoms with Crippen molar-refractivity contribution in [2.24, 2.45) is 0 Å². The van der Waals surface area contributed by atoms with Gasteiger partial charge >= 0.3 is 0 Å². The van der Waals surface area contributed by atoms with E-state index in [4.69, 9.17) is 4.42 Å². The van der Waals surface area contributed by atoms with Crippen LogP contribution >= 0.6 is 0 Å². The highest BCUT2D eigenvalue weighted by Crippen LogP contribution is 2.23. The Bertz CT molecular complexity index is 675. The third-order valence-corrected chi connectivity index (χ3v) is 3.82. The van der Waals surface area contributed by atoms with Crippen LogP contribution in [0.3, 0.4) is 0 Å². The summed E-state index contributed by atoms with van der Waals surface area (Å²) in [7, 11) is 3.40. The van der Waals surface area contributed by atoms with Crippen LogP contribution in [-0.2, 0) is 4.79 Å². The number of aromatic amines is 1. The first-order chi connectivity index (χ1) is 10.6. The molecule has 22 heavy (non-hydrogen) atoms. The number of hydrogen-bond acceptors (Lipinski definition) is 4. The second-order valence-electron chi connectivity index (χ2n) is 5.53. The topological polar surface area (TPSA) is 82.4 Å². The Morgan fingerprint density at radius 3 is 2.95 bits per heavy atom. The number of nitrogens with one attached hydrogen (secondary N) is 1. The number of carbonyl (C=O) groups is 2. The first-order valence-electron chi connectivity index (χ1n) is 7.19. The van der Waals surface area contributed by atoms with Crippen molar-refractivity contribution in [3.05, 3.63) is 30.2 Å². The van der Waals surface area contributed by atoms with Gasteiger partial charge in [0.05, 0.1) is 6.26 Å². The fourth-order valence-electron chi connectivity index (χ4n) is 2.70. The number of H-pyrrole nitrogens is 1. The molecule has 0 aromatic carbocycles. The molecule has 0 aliphatic carbocycles. The second-order valence-corrected chi connectivity index (χ2v) is 5.53. The summed E-state index contributed by atoms with van der Waals surface area (Å²) in [5, 5.41) is 6.85. The third kappa shape index (κ3) is 2.49. The van der Waals surface area contributed by atoms with Crippen molar-refractivity contribution < 1.29 is 14.0 Å². The van der Waals surface area contributed by atoms with Crippen LogP contribution in [0.15, 0.2) is 28.9 Å². The van der Waals surface area contributed by atoms with Crippen molar-refractivity contribution >= 4 is 11.8 Å². The lowest BCUT2D eigenvalue weighted by Gasteiger charge is -2.25. The molecule has 3 heterocycles. The second kappa shape index (κ2) is 5.67. The molecule has 2 aromatic heterocycles. The number of aromatic nitrogens is 2. The van der Waals surface area contributed by atoms with E-state index < -0.39 is 6.04 Å². The maximum absolute atomic E-state index is 12.6. The van der Waals surface area contributed by atoms with Crippen LogP contribution in [0.4, 0.5) is 0 Å². The van der Waals surface area contributed by atoms with Crippen LogP contribution in [0.25, 0.3) is 11.5 Å². The first kappa shape index (κ1) is 14.4. The Labute approximate surface area is 127 Å². The Morgan fingerprint density at radius 2 is 2.27 bits per heavy atom. The zero-order valence-electron chi connectivity index (χ0n) is 12.6. The van der Waals surface area contributed by atoms with E-state index in [1.807, 2.05) is 0 Å². The Hall–Kier alpha value is -2.57. The average molecular weight is 302 g/mol. The third-order valence-electron chi connectivity index (χ3n) is 3.82. The molecule has 1 atom stereocenters. The summed E-state index contributed by atoms with van der Waals surface area (Å²) in [5.74, 6) is 0.341. The highest BCUT2D eigenvalue weighted by atomic mass is 16.3. The van der Waals surface area contributed by atoms with Gasteiger partial charge in [-0.2, -0.15) is 5.10 Å². The van der Waals surface area contributed by atoms with E-state index in [1.165, 1.54) is 4.90 Å². The molecule has 1 fully saturated rings. The molecule has 116 valence electrons. The van der Waals surface area contributed by atoms with Gasteiger partial charge in [-0.15, -0.1) is 0 Å². The van der Waals surface area contributed by atoms with Crippen molar-refractivity contribution in [3.63, 3.8) is 0 Å². The summed E-state index contributed by atoms with van der Waals surface area (Å²) in [6, 6.07) is 4.81. The quantitative estimate of drug-likeness (QED) is 0.928. The standard InChI is InChI=1S/C15H18N4O3/c1-18(2)15(21)12-5-3-7-19(12)14(20)11-9-10(16-17-11)13-6-4-8-22-13/h4,6,8-9,12H,3,5,7H2,1-2H3,(H,16,17). The van der Waals surface area contributed by atoms with Gasteiger partial charge in [0.1, 0.15) is 11.7 Å². The van der Waals surface area contributed by atoms with Gasteiger partial charge < -0.3 is 14.2 Å². The SMILES string of the molecule is CN(C)C(=O)C1CCCN1C(=O)c1cc(-c2ccco2)[nH]n1. The maximum Gasteiger partial charge on any atom is 0.275 e. The van der Waals surface area contributed by atoms with Gasteiger partial charge in [-0.3, -0.25) is 14.7 Å². The molecule has 1 N–H and O–H groups in total. The molecule has 1 aliphatic heterocycles. The number of furan rings is 1. The summed E-state index contributed by atoms with van der Waals surface area (Å²) in [4.78, 5) is 27.9. The minimum absolute atomic E-state index is 0.0485. The van der Waals surface area contributed by atoms with E-state index in [0.717, 1.165) is 6.42 Å². The molecule has 1 saturated heterocycles. The lowest BCUT2D eigenvalue weighted by molar-refractivity contribution is -0.132. The normalized spacial score (nSPS) is 17.7. The summed E-state index contributed by atoms with van der Waals surface area (Å²) in [6.07, 6.45) is 3.08. The highest BCUT2D eigenvalue weighted by Gasteiger charge is 2.36. The van der Waals surface area contributed by atoms with Crippen LogP contribution in [0.1, 0.15) is 23.3 Å². The monoisotopic (exact) mass is 302 g/mol. The number of nitrogens with zero attached hydrogens (tertiary/aromatic N) is 3. The van der Waals surface area contributed by atoms with E-state index in [9.17, 15) is 9.59 Å². The number of carbonyl (C=O) groups excluding carboxylic acids is 2. The van der Waals surface area contributed by atoms with E-state index >= 15 is 0 Å². The molecule has 1 aliphatic rings. The van der Waals surface area contributed by atoms with E-state index in [1.54, 1.807) is 43.5 Å². The van der Waals surface area contributed by atoms with Gasteiger partial charge in [0.15, 0.2) is 11.5 Å². The van der Waals surface area contributed by atoms with Crippen molar-refractivity contribution in [2.75, 3.05) is 20.6 Å². The largest absolute Gasteiger partial charge is 0.463 e. The van der Waals surface area contributed by atoms with Gasteiger partial charge in [-0.1, -0.05) is 0 Å². The summed E-state index contributed by atoms with van der Waals surface area (Å²) in [6.45, 7) is 0.575. The van der Waals surface area contributed by atoms with E-state index in [-0.39, 0.29) is 11.8 Å². The molecule has 1 unspecified atom stereocenters. The highest BCUT2D eigenvalue weighted by molar-refractivity contribution is 5.97. The maximum atomic E-state index is 12.6. The molecular weight excluding hydrogens is 284 g/mol. The fourth-order valence-corrected chi connectivity index (χ4v) is 2.70. The number of rotatable bonds is 3. The van der Waals surface area contributed by atoms with Gasteiger partial charge in [0.25, 0.3) is 5.91 Å². The molecule has 2 aromatic rings. The van der Waals surface area contributed by atoms with Crippen LogP contribution < -0.4 is 0 Å². The summed E-state index contributed by atoms with van der Waals surface area (Å²) < 4.78 is 5.27. The smallest absolute Gasteiger partial charge is 0.275 e. The fraction of sp³-hybridized carbons (Fsp3) is 0.400. The molecule has 2 amide bonds. The molecule has 0 saturated carbocycles. The van der Waals surface area contributed by atoms with Crippen LogP contribution in [0.5, 0.6) is 0 Å². The molecule has 0 spiro atoms. The predicted octanol–water partition coefficient (Wildman–Crippen LogP) is 1.36. The first-order valence-corrected chi connectivity index (χ1v) is 7.19. The van der Waals surface area contributed by atoms with Crippen molar-refractivity contribution in [2.45, 2.75) is 18.9 Å². The number of amides is 2. The van der Waals surface area contributed by atoms with Crippen molar-refractivity contribution in [1.29, 1.82) is 0 Å². The number of likely N-dealkylation sites (N-methyl/N-ethyl adjacent to an activating group) is 1. The van der Waals surface area contributed by atoms with E-state index in [0.29, 0.717) is 30.1 Å².